The van der Waals surface area contributed by atoms with Crippen LogP contribution in [0.5, 0.6) is 0 Å². The summed E-state index contributed by atoms with van der Waals surface area (Å²) in [5.74, 6) is 0. The Morgan fingerprint density at radius 1 is 1.39 bits per heavy atom. The van der Waals surface area contributed by atoms with Crippen molar-refractivity contribution in [1.29, 1.82) is 0 Å². The molecule has 1 aliphatic rings. The average molecular weight is 318 g/mol. The topological polar surface area (TPSA) is 41.6 Å². The Hall–Kier alpha value is -1.71. The molecule has 2 rings (SSSR count). The molecule has 0 bridgehead atoms. The van der Waals surface area contributed by atoms with Crippen LogP contribution in [0, 0.1) is 5.41 Å². The van der Waals surface area contributed by atoms with Gasteiger partial charge in [-0.3, -0.25) is 0 Å². The molecular formula is C19H30N2O2. The quantitative estimate of drug-likeness (QED) is 0.859. The van der Waals surface area contributed by atoms with Crippen molar-refractivity contribution in [1.82, 2.24) is 4.90 Å². The number of benzene rings is 1. The van der Waals surface area contributed by atoms with Crippen molar-refractivity contribution in [2.24, 2.45) is 5.41 Å². The Morgan fingerprint density at radius 3 is 2.61 bits per heavy atom. The normalized spacial score (nSPS) is 17.3. The number of amides is 1. The number of hydrogen-bond acceptors (Lipinski definition) is 3. The Kier molecular flexibility index (Phi) is 4.92. The molecule has 1 aromatic carbocycles. The molecule has 128 valence electrons. The minimum atomic E-state index is -0.468. The molecule has 1 fully saturated rings. The molecule has 0 spiro atoms. The molecule has 1 amide bonds. The van der Waals surface area contributed by atoms with Crippen LogP contribution >= 0.6 is 0 Å². The van der Waals surface area contributed by atoms with Crippen molar-refractivity contribution < 1.29 is 9.53 Å². The van der Waals surface area contributed by atoms with E-state index in [4.69, 9.17) is 4.74 Å². The van der Waals surface area contributed by atoms with Crippen LogP contribution in [0.1, 0.15) is 53.0 Å². The number of carbonyl (C=O) groups excluding carboxylic acids is 1. The van der Waals surface area contributed by atoms with Gasteiger partial charge in [-0.1, -0.05) is 19.1 Å². The molecule has 1 aromatic rings. The fraction of sp³-hybridized carbons (Fsp3) is 0.632. The van der Waals surface area contributed by atoms with Gasteiger partial charge in [0, 0.05) is 25.3 Å². The van der Waals surface area contributed by atoms with Crippen molar-refractivity contribution in [3.8, 4) is 0 Å². The van der Waals surface area contributed by atoms with E-state index in [0.29, 0.717) is 18.0 Å². The Morgan fingerprint density at radius 2 is 2.04 bits per heavy atom. The van der Waals surface area contributed by atoms with Crippen molar-refractivity contribution in [2.75, 3.05) is 12.4 Å². The van der Waals surface area contributed by atoms with Crippen molar-refractivity contribution in [3.63, 3.8) is 0 Å². The lowest BCUT2D eigenvalue weighted by molar-refractivity contribution is 0.0285. The summed E-state index contributed by atoms with van der Waals surface area (Å²) in [5, 5.41) is 3.59. The van der Waals surface area contributed by atoms with E-state index >= 15 is 0 Å². The van der Waals surface area contributed by atoms with E-state index in [1.54, 1.807) is 11.9 Å². The van der Waals surface area contributed by atoms with Crippen LogP contribution in [0.2, 0.25) is 0 Å². The molecule has 4 heteroatoms. The molecule has 1 aliphatic carbocycles. The molecule has 1 unspecified atom stereocenters. The van der Waals surface area contributed by atoms with Crippen molar-refractivity contribution >= 4 is 11.8 Å². The summed E-state index contributed by atoms with van der Waals surface area (Å²) in [6, 6.07) is 8.72. The molecular weight excluding hydrogens is 288 g/mol. The number of nitrogens with one attached hydrogen (secondary N) is 1. The van der Waals surface area contributed by atoms with Gasteiger partial charge in [-0.2, -0.15) is 0 Å². The third kappa shape index (κ3) is 5.15. The van der Waals surface area contributed by atoms with Gasteiger partial charge in [0.15, 0.2) is 0 Å². The number of ether oxygens (including phenoxy) is 1. The summed E-state index contributed by atoms with van der Waals surface area (Å²) in [7, 11) is 1.77. The third-order valence-corrected chi connectivity index (χ3v) is 4.52. The van der Waals surface area contributed by atoms with Gasteiger partial charge in [-0.15, -0.1) is 0 Å². The summed E-state index contributed by atoms with van der Waals surface area (Å²) in [6.07, 6.45) is 2.29. The van der Waals surface area contributed by atoms with E-state index in [0.717, 1.165) is 11.3 Å². The summed E-state index contributed by atoms with van der Waals surface area (Å²) in [5.41, 5.74) is 2.17. The van der Waals surface area contributed by atoms with Crippen LogP contribution in [0.15, 0.2) is 24.3 Å². The zero-order valence-corrected chi connectivity index (χ0v) is 15.3. The maximum atomic E-state index is 12.1. The van der Waals surface area contributed by atoms with E-state index in [1.807, 2.05) is 32.9 Å². The summed E-state index contributed by atoms with van der Waals surface area (Å²) >= 11 is 0. The highest BCUT2D eigenvalue weighted by molar-refractivity contribution is 5.67. The molecule has 0 aromatic heterocycles. The summed E-state index contributed by atoms with van der Waals surface area (Å²) in [6.45, 7) is 10.7. The zero-order valence-electron chi connectivity index (χ0n) is 15.3. The van der Waals surface area contributed by atoms with Crippen LogP contribution < -0.4 is 5.32 Å². The fourth-order valence-electron chi connectivity index (χ4n) is 2.49. The van der Waals surface area contributed by atoms with Crippen molar-refractivity contribution in [3.05, 3.63) is 29.8 Å². The van der Waals surface area contributed by atoms with Gasteiger partial charge < -0.3 is 15.0 Å². The second-order valence-electron chi connectivity index (χ2n) is 8.06. The predicted octanol–water partition coefficient (Wildman–Crippen LogP) is 4.65. The van der Waals surface area contributed by atoms with Gasteiger partial charge in [0.2, 0.25) is 0 Å². The molecule has 1 N–H and O–H groups in total. The highest BCUT2D eigenvalue weighted by Crippen LogP contribution is 2.48. The van der Waals surface area contributed by atoms with Crippen LogP contribution in [-0.4, -0.2) is 29.7 Å². The minimum Gasteiger partial charge on any atom is -0.444 e. The van der Waals surface area contributed by atoms with Gasteiger partial charge in [-0.25, -0.2) is 4.79 Å². The fourth-order valence-corrected chi connectivity index (χ4v) is 2.49. The molecule has 0 heterocycles. The van der Waals surface area contributed by atoms with Gasteiger partial charge in [0.1, 0.15) is 5.60 Å². The predicted molar refractivity (Wildman–Crippen MR) is 94.6 cm³/mol. The highest BCUT2D eigenvalue weighted by atomic mass is 16.6. The van der Waals surface area contributed by atoms with Crippen LogP contribution in [0.4, 0.5) is 10.5 Å². The number of carbonyl (C=O) groups is 1. The highest BCUT2D eigenvalue weighted by Gasteiger charge is 2.42. The van der Waals surface area contributed by atoms with Crippen LogP contribution in [0.25, 0.3) is 0 Å². The van der Waals surface area contributed by atoms with E-state index in [-0.39, 0.29) is 6.09 Å². The lowest BCUT2D eigenvalue weighted by Crippen LogP contribution is -2.33. The number of nitrogens with zero attached hydrogens (tertiary/aromatic N) is 1. The first kappa shape index (κ1) is 17.6. The smallest absolute Gasteiger partial charge is 0.410 e. The molecule has 0 saturated heterocycles. The maximum absolute atomic E-state index is 12.1. The van der Waals surface area contributed by atoms with E-state index < -0.39 is 5.60 Å². The number of anilines is 1. The van der Waals surface area contributed by atoms with Crippen LogP contribution in [0.3, 0.4) is 0 Å². The molecule has 0 aliphatic heterocycles. The lowest BCUT2D eigenvalue weighted by atomic mass is 10.0. The number of rotatable bonds is 5. The Labute approximate surface area is 140 Å². The second-order valence-corrected chi connectivity index (χ2v) is 8.06. The van der Waals surface area contributed by atoms with E-state index in [2.05, 4.69) is 31.3 Å². The van der Waals surface area contributed by atoms with E-state index in [9.17, 15) is 4.79 Å². The average Bonchev–Trinajstić information content (AvgIpc) is 3.16. The first-order valence-electron chi connectivity index (χ1n) is 8.39. The number of hydrogen-bond donors (Lipinski definition) is 1. The first-order chi connectivity index (χ1) is 10.6. The van der Waals surface area contributed by atoms with Crippen molar-refractivity contribution in [2.45, 2.75) is 65.6 Å². The molecule has 23 heavy (non-hydrogen) atoms. The Bertz CT molecular complexity index is 559. The zero-order chi connectivity index (χ0) is 17.3. The van der Waals surface area contributed by atoms with Gasteiger partial charge in [0.05, 0.1) is 0 Å². The van der Waals surface area contributed by atoms with Gasteiger partial charge in [0.25, 0.3) is 0 Å². The molecule has 1 atom stereocenters. The lowest BCUT2D eigenvalue weighted by Gasteiger charge is -2.25. The monoisotopic (exact) mass is 318 g/mol. The minimum absolute atomic E-state index is 0.297. The first-order valence-corrected chi connectivity index (χ1v) is 8.39. The largest absolute Gasteiger partial charge is 0.444 e. The second kappa shape index (κ2) is 6.42. The standard InChI is InChI=1S/C19H30N2O2/c1-14(19(5)10-11-19)20-16-9-7-8-15(12-16)13-21(6)17(22)23-18(2,3)4/h7-9,12,14,20H,10-11,13H2,1-6H3. The van der Waals surface area contributed by atoms with Crippen LogP contribution in [-0.2, 0) is 11.3 Å². The molecule has 1 saturated carbocycles. The van der Waals surface area contributed by atoms with Gasteiger partial charge in [-0.05, 0) is 63.6 Å². The van der Waals surface area contributed by atoms with E-state index in [1.165, 1.54) is 12.8 Å². The van der Waals surface area contributed by atoms with Gasteiger partial charge >= 0.3 is 6.09 Å². The summed E-state index contributed by atoms with van der Waals surface area (Å²) < 4.78 is 5.39. The maximum Gasteiger partial charge on any atom is 0.410 e. The SMILES string of the molecule is CC(Nc1cccc(CN(C)C(=O)OC(C)(C)C)c1)C1(C)CC1. The Balaban J connectivity index is 1.95. The third-order valence-electron chi connectivity index (χ3n) is 4.52. The molecule has 4 nitrogen and oxygen atoms in total. The molecule has 0 radical (unpaired) electrons. The summed E-state index contributed by atoms with van der Waals surface area (Å²) in [4.78, 5) is 13.7.